The van der Waals surface area contributed by atoms with E-state index < -0.39 is 0 Å². The second-order valence-corrected chi connectivity index (χ2v) is 5.71. The van der Waals surface area contributed by atoms with Crippen molar-refractivity contribution < 1.29 is 4.42 Å². The number of aromatic nitrogens is 3. The third-order valence-electron chi connectivity index (χ3n) is 2.38. The molecule has 0 saturated heterocycles. The van der Waals surface area contributed by atoms with Crippen LogP contribution in [0.5, 0.6) is 0 Å². The summed E-state index contributed by atoms with van der Waals surface area (Å²) in [7, 11) is 0. The lowest BCUT2D eigenvalue weighted by atomic mass is 10.5. The van der Waals surface area contributed by atoms with E-state index in [1.807, 2.05) is 17.5 Å². The number of furan rings is 1. The Hall–Kier alpha value is -2.06. The summed E-state index contributed by atoms with van der Waals surface area (Å²) in [4.78, 5) is 22.4. The highest BCUT2D eigenvalue weighted by Crippen LogP contribution is 2.26. The molecule has 0 spiro atoms. The van der Waals surface area contributed by atoms with Crippen LogP contribution in [0.4, 0.5) is 5.82 Å². The summed E-state index contributed by atoms with van der Waals surface area (Å²) in [5.41, 5.74) is 6.17. The minimum atomic E-state index is -0.255. The molecule has 3 N–H and O–H groups in total. The van der Waals surface area contributed by atoms with Crippen molar-refractivity contribution in [3.63, 3.8) is 0 Å². The molecule has 0 aliphatic heterocycles. The molecular weight excluding hydrogens is 296 g/mol. The quantitative estimate of drug-likeness (QED) is 0.567. The lowest BCUT2D eigenvalue weighted by Crippen LogP contribution is -2.09. The number of rotatable bonds is 4. The van der Waals surface area contributed by atoms with Crippen LogP contribution in [0.3, 0.4) is 0 Å². The van der Waals surface area contributed by atoms with E-state index in [1.165, 1.54) is 29.2 Å². The number of nitrogen functional groups attached to an aromatic ring is 1. The molecule has 0 amide bonds. The first-order chi connectivity index (χ1) is 9.70. The standard InChI is InChI=1S/C12H10N4O2S2/c13-9-4-10(17)16-12(15-9)20-6-7-5-19-11(14-7)8-2-1-3-18-8/h1-5H,6H2,(H3,13,15,16,17). The van der Waals surface area contributed by atoms with Crippen LogP contribution in [0.15, 0.2) is 44.2 Å². The van der Waals surface area contributed by atoms with E-state index in [0.717, 1.165) is 16.5 Å². The first kappa shape index (κ1) is 12.9. The van der Waals surface area contributed by atoms with Gasteiger partial charge in [-0.1, -0.05) is 11.8 Å². The summed E-state index contributed by atoms with van der Waals surface area (Å²) in [6.45, 7) is 0. The van der Waals surface area contributed by atoms with Crippen LogP contribution < -0.4 is 11.3 Å². The van der Waals surface area contributed by atoms with Crippen LogP contribution in [0.25, 0.3) is 10.8 Å². The maximum Gasteiger partial charge on any atom is 0.253 e. The molecule has 20 heavy (non-hydrogen) atoms. The van der Waals surface area contributed by atoms with Crippen LogP contribution in [0.1, 0.15) is 5.69 Å². The summed E-state index contributed by atoms with van der Waals surface area (Å²) in [5.74, 6) is 1.57. The molecule has 0 fully saturated rings. The van der Waals surface area contributed by atoms with E-state index >= 15 is 0 Å². The van der Waals surface area contributed by atoms with E-state index in [2.05, 4.69) is 15.0 Å². The van der Waals surface area contributed by atoms with Gasteiger partial charge in [-0.3, -0.25) is 4.79 Å². The fraction of sp³-hybridized carbons (Fsp3) is 0.0833. The predicted octanol–water partition coefficient (Wildman–Crippen LogP) is 2.36. The summed E-state index contributed by atoms with van der Waals surface area (Å²) in [6, 6.07) is 4.95. The van der Waals surface area contributed by atoms with Crippen molar-refractivity contribution in [2.75, 3.05) is 5.73 Å². The van der Waals surface area contributed by atoms with E-state index in [4.69, 9.17) is 10.2 Å². The Labute approximate surface area is 122 Å². The van der Waals surface area contributed by atoms with Crippen LogP contribution in [0, 0.1) is 0 Å². The zero-order valence-electron chi connectivity index (χ0n) is 10.2. The molecule has 0 saturated carbocycles. The molecule has 102 valence electrons. The summed E-state index contributed by atoms with van der Waals surface area (Å²) >= 11 is 2.89. The normalized spacial score (nSPS) is 10.8. The third kappa shape index (κ3) is 2.91. The number of hydrogen-bond acceptors (Lipinski definition) is 7. The molecular formula is C12H10N4O2S2. The van der Waals surface area contributed by atoms with Gasteiger partial charge in [0.2, 0.25) is 0 Å². The van der Waals surface area contributed by atoms with E-state index in [9.17, 15) is 4.79 Å². The minimum absolute atomic E-state index is 0.214. The van der Waals surface area contributed by atoms with E-state index in [0.29, 0.717) is 10.9 Å². The van der Waals surface area contributed by atoms with Crippen LogP contribution in [-0.2, 0) is 5.75 Å². The van der Waals surface area contributed by atoms with E-state index in [1.54, 1.807) is 6.26 Å². The van der Waals surface area contributed by atoms with Gasteiger partial charge in [-0.05, 0) is 12.1 Å². The zero-order valence-corrected chi connectivity index (χ0v) is 11.8. The van der Waals surface area contributed by atoms with Gasteiger partial charge >= 0.3 is 0 Å². The van der Waals surface area contributed by atoms with Crippen LogP contribution in [-0.4, -0.2) is 15.0 Å². The Morgan fingerprint density at radius 2 is 2.35 bits per heavy atom. The van der Waals surface area contributed by atoms with Gasteiger partial charge < -0.3 is 15.1 Å². The lowest BCUT2D eigenvalue weighted by molar-refractivity contribution is 0.581. The van der Waals surface area contributed by atoms with Crippen LogP contribution >= 0.6 is 23.1 Å². The van der Waals surface area contributed by atoms with Crippen molar-refractivity contribution in [2.45, 2.75) is 10.9 Å². The number of aromatic amines is 1. The first-order valence-electron chi connectivity index (χ1n) is 5.68. The highest BCUT2D eigenvalue weighted by molar-refractivity contribution is 7.98. The molecule has 3 heterocycles. The van der Waals surface area contributed by atoms with Gasteiger partial charge in [0.15, 0.2) is 15.9 Å². The highest BCUT2D eigenvalue weighted by Gasteiger charge is 2.08. The van der Waals surface area contributed by atoms with Gasteiger partial charge in [0.1, 0.15) is 5.82 Å². The molecule has 3 rings (SSSR count). The maximum absolute atomic E-state index is 11.3. The average Bonchev–Trinajstić information content (AvgIpc) is 3.06. The number of thiazole rings is 1. The zero-order chi connectivity index (χ0) is 13.9. The number of H-pyrrole nitrogens is 1. The van der Waals surface area contributed by atoms with Gasteiger partial charge in [0.25, 0.3) is 5.56 Å². The average molecular weight is 306 g/mol. The van der Waals surface area contributed by atoms with Crippen molar-refractivity contribution in [1.29, 1.82) is 0 Å². The predicted molar refractivity (Wildman–Crippen MR) is 78.6 cm³/mol. The molecule has 0 unspecified atom stereocenters. The smallest absolute Gasteiger partial charge is 0.253 e. The third-order valence-corrected chi connectivity index (χ3v) is 4.19. The van der Waals surface area contributed by atoms with Crippen molar-refractivity contribution in [3.8, 4) is 10.8 Å². The number of nitrogens with one attached hydrogen (secondary N) is 1. The van der Waals surface area contributed by atoms with Crippen molar-refractivity contribution >= 4 is 28.9 Å². The van der Waals surface area contributed by atoms with Gasteiger partial charge in [-0.2, -0.15) is 0 Å². The number of nitrogens with two attached hydrogens (primary N) is 1. The lowest BCUT2D eigenvalue weighted by Gasteiger charge is -1.99. The summed E-state index contributed by atoms with van der Waals surface area (Å²) in [5, 5.41) is 3.28. The number of thioether (sulfide) groups is 1. The Balaban J connectivity index is 1.71. The fourth-order valence-corrected chi connectivity index (χ4v) is 3.22. The molecule has 0 atom stereocenters. The SMILES string of the molecule is Nc1cc(=O)[nH]c(SCc2csc(-c3ccco3)n2)n1. The molecule has 0 bridgehead atoms. The van der Waals surface area contributed by atoms with Crippen molar-refractivity contribution in [1.82, 2.24) is 15.0 Å². The number of anilines is 1. The first-order valence-corrected chi connectivity index (χ1v) is 7.55. The van der Waals surface area contributed by atoms with Crippen molar-refractivity contribution in [3.05, 3.63) is 45.9 Å². The fourth-order valence-electron chi connectivity index (χ4n) is 1.55. The highest BCUT2D eigenvalue weighted by atomic mass is 32.2. The van der Waals surface area contributed by atoms with Gasteiger partial charge in [0, 0.05) is 17.2 Å². The Kier molecular flexibility index (Phi) is 3.57. The largest absolute Gasteiger partial charge is 0.462 e. The Morgan fingerprint density at radius 3 is 3.10 bits per heavy atom. The molecule has 0 radical (unpaired) electrons. The molecule has 6 nitrogen and oxygen atoms in total. The molecule has 3 aromatic rings. The van der Waals surface area contributed by atoms with Gasteiger partial charge in [-0.15, -0.1) is 11.3 Å². The molecule has 0 aliphatic carbocycles. The number of nitrogens with zero attached hydrogens (tertiary/aromatic N) is 2. The Morgan fingerprint density at radius 1 is 1.45 bits per heavy atom. The van der Waals surface area contributed by atoms with Gasteiger partial charge in [-0.25, -0.2) is 9.97 Å². The summed E-state index contributed by atoms with van der Waals surface area (Å²) < 4.78 is 5.29. The molecule has 0 aliphatic rings. The monoisotopic (exact) mass is 306 g/mol. The van der Waals surface area contributed by atoms with E-state index in [-0.39, 0.29) is 11.4 Å². The van der Waals surface area contributed by atoms with Gasteiger partial charge in [0.05, 0.1) is 12.0 Å². The summed E-state index contributed by atoms with van der Waals surface area (Å²) in [6.07, 6.45) is 1.62. The minimum Gasteiger partial charge on any atom is -0.462 e. The topological polar surface area (TPSA) is 97.8 Å². The molecule has 3 aromatic heterocycles. The molecule has 0 aromatic carbocycles. The second kappa shape index (κ2) is 5.51. The molecule has 8 heteroatoms. The Bertz CT molecular complexity index is 764. The van der Waals surface area contributed by atoms with Crippen LogP contribution in [0.2, 0.25) is 0 Å². The number of hydrogen-bond donors (Lipinski definition) is 2. The second-order valence-electron chi connectivity index (χ2n) is 3.89. The maximum atomic E-state index is 11.3. The van der Waals surface area contributed by atoms with Crippen molar-refractivity contribution in [2.24, 2.45) is 0 Å².